The number of aliphatic hydroxyl groups is 2. The van der Waals surface area contributed by atoms with Gasteiger partial charge in [0.2, 0.25) is 0 Å². The summed E-state index contributed by atoms with van der Waals surface area (Å²) in [5, 5.41) is 20.5. The van der Waals surface area contributed by atoms with Crippen LogP contribution in [-0.2, 0) is 9.47 Å². The Morgan fingerprint density at radius 3 is 1.16 bits per heavy atom. The minimum absolute atomic E-state index is 0.0969. The zero-order valence-electron chi connectivity index (χ0n) is 28.8. The Labute approximate surface area is 267 Å². The predicted molar refractivity (Wildman–Crippen MR) is 183 cm³/mol. The third kappa shape index (κ3) is 6.84. The van der Waals surface area contributed by atoms with Crippen LogP contribution in [0.2, 0.25) is 0 Å². The van der Waals surface area contributed by atoms with Gasteiger partial charge in [0.1, 0.15) is 22.4 Å². The second-order valence-corrected chi connectivity index (χ2v) is 15.4. The molecule has 0 aromatic rings. The predicted octanol–water partition coefficient (Wildman–Crippen LogP) is 8.97. The maximum Gasteiger partial charge on any atom is 0.121 e. The lowest BCUT2D eigenvalue weighted by molar-refractivity contribution is 0.0510. The van der Waals surface area contributed by atoms with Crippen molar-refractivity contribution >= 4 is 0 Å². The van der Waals surface area contributed by atoms with Crippen molar-refractivity contribution in [3.63, 3.8) is 0 Å². The topological polar surface area (TPSA) is 65.5 Å². The summed E-state index contributed by atoms with van der Waals surface area (Å²) in [7, 11) is 0. The molecule has 4 heteroatoms. The van der Waals surface area contributed by atoms with Crippen LogP contribution in [0.15, 0.2) is 107 Å². The summed E-state index contributed by atoms with van der Waals surface area (Å²) >= 11 is 0. The van der Waals surface area contributed by atoms with Crippen LogP contribution in [0.5, 0.6) is 0 Å². The van der Waals surface area contributed by atoms with Gasteiger partial charge in [0.15, 0.2) is 0 Å². The molecular weight excluding hydrogens is 544 g/mol. The lowest BCUT2D eigenvalue weighted by atomic mass is 9.63. The van der Waals surface area contributed by atoms with Gasteiger partial charge in [-0.2, -0.15) is 0 Å². The van der Waals surface area contributed by atoms with E-state index in [-0.39, 0.29) is 45.4 Å². The van der Waals surface area contributed by atoms with Gasteiger partial charge < -0.3 is 19.7 Å². The first kappa shape index (κ1) is 34.4. The highest BCUT2D eigenvalue weighted by molar-refractivity contribution is 5.38. The molecule has 4 rings (SSSR count). The van der Waals surface area contributed by atoms with E-state index in [0.717, 1.165) is 12.8 Å². The number of ether oxygens (including phenoxy) is 2. The van der Waals surface area contributed by atoms with Crippen molar-refractivity contribution in [3.8, 4) is 0 Å². The number of allylic oxidation sites excluding steroid dienone is 16. The van der Waals surface area contributed by atoms with Crippen LogP contribution < -0.4 is 0 Å². The molecule has 0 aromatic carbocycles. The second-order valence-electron chi connectivity index (χ2n) is 15.4. The van der Waals surface area contributed by atoms with Gasteiger partial charge in [-0.3, -0.25) is 0 Å². The summed E-state index contributed by atoms with van der Waals surface area (Å²) in [5.74, 6) is 0. The van der Waals surface area contributed by atoms with Crippen LogP contribution in [-0.4, -0.2) is 44.8 Å². The van der Waals surface area contributed by atoms with Crippen molar-refractivity contribution in [2.75, 3.05) is 0 Å². The van der Waals surface area contributed by atoms with E-state index < -0.39 is 0 Å². The molecule has 2 saturated heterocycles. The van der Waals surface area contributed by atoms with Crippen molar-refractivity contribution in [2.24, 2.45) is 10.8 Å². The van der Waals surface area contributed by atoms with E-state index in [9.17, 15) is 10.2 Å². The van der Waals surface area contributed by atoms with Gasteiger partial charge in [0.25, 0.3) is 0 Å². The van der Waals surface area contributed by atoms with Crippen LogP contribution in [0.4, 0.5) is 0 Å². The van der Waals surface area contributed by atoms with Crippen LogP contribution in [0.25, 0.3) is 0 Å². The van der Waals surface area contributed by atoms with E-state index in [0.29, 0.717) is 12.8 Å². The van der Waals surface area contributed by atoms with Gasteiger partial charge in [0.05, 0.1) is 12.2 Å². The first-order valence-corrected chi connectivity index (χ1v) is 16.3. The summed E-state index contributed by atoms with van der Waals surface area (Å²) < 4.78 is 12.5. The first-order chi connectivity index (χ1) is 20.4. The highest BCUT2D eigenvalue weighted by atomic mass is 16.6. The number of aliphatic hydroxyl groups excluding tert-OH is 2. The smallest absolute Gasteiger partial charge is 0.121 e. The van der Waals surface area contributed by atoms with Gasteiger partial charge in [-0.15, -0.1) is 0 Å². The average molecular weight is 601 g/mol. The number of hydrogen-bond donors (Lipinski definition) is 2. The Bertz CT molecular complexity index is 1270. The van der Waals surface area contributed by atoms with Gasteiger partial charge in [-0.25, -0.2) is 0 Å². The minimum Gasteiger partial charge on any atom is -0.393 e. The molecule has 4 nitrogen and oxygen atoms in total. The fraction of sp³-hybridized carbons (Fsp3) is 0.550. The van der Waals surface area contributed by atoms with Crippen molar-refractivity contribution < 1.29 is 19.7 Å². The van der Waals surface area contributed by atoms with Crippen LogP contribution in [0, 0.1) is 10.8 Å². The molecule has 6 unspecified atom stereocenters. The van der Waals surface area contributed by atoms with E-state index in [1.54, 1.807) is 0 Å². The number of epoxide rings is 2. The summed E-state index contributed by atoms with van der Waals surface area (Å²) in [6, 6.07) is 0. The van der Waals surface area contributed by atoms with Gasteiger partial charge in [-0.1, -0.05) is 123 Å². The molecule has 0 amide bonds. The summed E-state index contributed by atoms with van der Waals surface area (Å²) in [4.78, 5) is 0. The third-order valence-electron chi connectivity index (χ3n) is 10.4. The molecule has 4 fully saturated rings. The molecule has 2 aliphatic heterocycles. The molecule has 0 spiro atoms. The molecular formula is C40H56O4. The normalized spacial score (nSPS) is 39.2. The van der Waals surface area contributed by atoms with Crippen LogP contribution >= 0.6 is 0 Å². The Hall–Kier alpha value is -2.50. The molecule has 2 saturated carbocycles. The zero-order chi connectivity index (χ0) is 32.6. The molecule has 240 valence electrons. The Balaban J connectivity index is 1.25. The van der Waals surface area contributed by atoms with E-state index in [4.69, 9.17) is 9.47 Å². The van der Waals surface area contributed by atoms with E-state index in [2.05, 4.69) is 154 Å². The molecule has 4 aliphatic rings. The molecule has 44 heavy (non-hydrogen) atoms. The SMILES string of the molecule is CC(/C=C/C=C(C)/C=C/C12OC1(C)CC(O)CC2(C)C)=C\C=C\C=C(C)\C=C\C=C(C)\C=C\C12OC1(C)CC(O)CC2(C)C. The molecule has 2 aliphatic carbocycles. The summed E-state index contributed by atoms with van der Waals surface area (Å²) in [6.45, 7) is 21.4. The van der Waals surface area contributed by atoms with Crippen molar-refractivity contribution in [1.82, 2.24) is 0 Å². The minimum atomic E-state index is -0.294. The summed E-state index contributed by atoms with van der Waals surface area (Å²) in [6.07, 6.45) is 32.0. The maximum absolute atomic E-state index is 10.3. The van der Waals surface area contributed by atoms with E-state index in [1.807, 2.05) is 0 Å². The Morgan fingerprint density at radius 2 is 0.818 bits per heavy atom. The van der Waals surface area contributed by atoms with Crippen molar-refractivity contribution in [2.45, 2.75) is 130 Å². The van der Waals surface area contributed by atoms with Gasteiger partial charge >= 0.3 is 0 Å². The van der Waals surface area contributed by atoms with E-state index >= 15 is 0 Å². The number of fused-ring (bicyclic) bond motifs is 2. The quantitative estimate of drug-likeness (QED) is 0.194. The van der Waals surface area contributed by atoms with Crippen molar-refractivity contribution in [3.05, 3.63) is 107 Å². The highest BCUT2D eigenvalue weighted by Crippen LogP contribution is 2.67. The molecule has 0 bridgehead atoms. The van der Waals surface area contributed by atoms with Crippen LogP contribution in [0.1, 0.15) is 94.9 Å². The Morgan fingerprint density at radius 1 is 0.500 bits per heavy atom. The maximum atomic E-state index is 10.3. The third-order valence-corrected chi connectivity index (χ3v) is 10.4. The fourth-order valence-corrected chi connectivity index (χ4v) is 7.99. The number of rotatable bonds is 10. The zero-order valence-corrected chi connectivity index (χ0v) is 28.8. The average Bonchev–Trinajstić information content (AvgIpc) is 3.73. The largest absolute Gasteiger partial charge is 0.393 e. The first-order valence-electron chi connectivity index (χ1n) is 16.3. The van der Waals surface area contributed by atoms with Crippen molar-refractivity contribution in [1.29, 1.82) is 0 Å². The molecule has 2 heterocycles. The fourth-order valence-electron chi connectivity index (χ4n) is 7.99. The lowest BCUT2D eigenvalue weighted by Gasteiger charge is -2.39. The Kier molecular flexibility index (Phi) is 9.66. The van der Waals surface area contributed by atoms with Crippen LogP contribution in [0.3, 0.4) is 0 Å². The number of hydrogen-bond acceptors (Lipinski definition) is 4. The van der Waals surface area contributed by atoms with Gasteiger partial charge in [-0.05, 0) is 66.5 Å². The summed E-state index contributed by atoms with van der Waals surface area (Å²) in [5.41, 5.74) is 3.36. The highest BCUT2D eigenvalue weighted by Gasteiger charge is 2.75. The lowest BCUT2D eigenvalue weighted by Crippen LogP contribution is -2.46. The second kappa shape index (κ2) is 12.4. The molecule has 2 N–H and O–H groups in total. The molecule has 0 aromatic heterocycles. The molecule has 0 radical (unpaired) electrons. The monoisotopic (exact) mass is 600 g/mol. The van der Waals surface area contributed by atoms with Gasteiger partial charge in [0, 0.05) is 23.7 Å². The standard InChI is InChI=1S/C40H56O4/c1-29(17-13-19-31(3)21-23-39-35(5,6)25-33(41)27-37(39,9)43-39)15-11-12-16-30(2)18-14-20-32(4)22-24-40-36(7,8)26-34(42)28-38(40,10)44-40/h11-24,33-34,41-42H,25-28H2,1-10H3/b12-11+,17-13+,18-14+,23-21+,24-22+,29-15+,30-16+,31-19+,32-20+. The van der Waals surface area contributed by atoms with E-state index in [1.165, 1.54) is 22.3 Å². The molecule has 6 atom stereocenters.